The Morgan fingerprint density at radius 3 is 2.56 bits per heavy atom. The van der Waals surface area contributed by atoms with Gasteiger partial charge in [-0.3, -0.25) is 14.5 Å². The van der Waals surface area contributed by atoms with Gasteiger partial charge in [-0.15, -0.1) is 0 Å². The van der Waals surface area contributed by atoms with Crippen molar-refractivity contribution < 1.29 is 13.5 Å². The molecule has 0 spiro atoms. The minimum Gasteiger partial charge on any atom is -0.435 e. The molecule has 1 fully saturated rings. The third kappa shape index (κ3) is 3.27. The zero-order valence-electron chi connectivity index (χ0n) is 18.5. The lowest BCUT2D eigenvalue weighted by Gasteiger charge is -2.13. The molecule has 3 aromatic heterocycles. The van der Waals surface area contributed by atoms with Crippen molar-refractivity contribution in [3.63, 3.8) is 0 Å². The third-order valence-corrected chi connectivity index (χ3v) is 6.45. The number of hydrogen-bond acceptors (Lipinski definition) is 4. The maximum Gasteiger partial charge on any atom is 0.387 e. The fourth-order valence-corrected chi connectivity index (χ4v) is 4.48. The lowest BCUT2D eigenvalue weighted by atomic mass is 10.0. The number of nitrogens with zero attached hydrogens (tertiary/aromatic N) is 4. The summed E-state index contributed by atoms with van der Waals surface area (Å²) in [4.78, 5) is 18.5. The number of alkyl halides is 2. The highest BCUT2D eigenvalue weighted by molar-refractivity contribution is 5.88. The predicted molar refractivity (Wildman–Crippen MR) is 125 cm³/mol. The van der Waals surface area contributed by atoms with Crippen molar-refractivity contribution in [3.8, 4) is 22.6 Å². The molecule has 0 saturated heterocycles. The number of H-pyrrole nitrogens is 1. The number of hydrogen-bond donors (Lipinski definition) is 1. The highest BCUT2D eigenvalue weighted by atomic mass is 19.3. The maximum atomic E-state index is 13.9. The van der Waals surface area contributed by atoms with Crippen molar-refractivity contribution in [3.05, 3.63) is 70.4 Å². The molecule has 172 valence electrons. The molecule has 1 aliphatic rings. The van der Waals surface area contributed by atoms with Gasteiger partial charge in [0.05, 0.1) is 22.2 Å². The molecule has 0 aliphatic heterocycles. The highest BCUT2D eigenvalue weighted by Gasteiger charge is 2.30. The molecule has 0 amide bonds. The maximum absolute atomic E-state index is 13.9. The molecule has 0 atom stereocenters. The Morgan fingerprint density at radius 1 is 1.09 bits per heavy atom. The highest BCUT2D eigenvalue weighted by Crippen LogP contribution is 2.42. The first-order valence-electron chi connectivity index (χ1n) is 11.0. The summed E-state index contributed by atoms with van der Waals surface area (Å²) in [6.07, 6.45) is 2.07. The van der Waals surface area contributed by atoms with Crippen molar-refractivity contribution >= 4 is 22.1 Å². The van der Waals surface area contributed by atoms with E-state index in [9.17, 15) is 13.6 Å². The molecule has 34 heavy (non-hydrogen) atoms. The van der Waals surface area contributed by atoms with E-state index in [1.54, 1.807) is 16.7 Å². The second-order valence-corrected chi connectivity index (χ2v) is 8.64. The van der Waals surface area contributed by atoms with Crippen LogP contribution in [0.25, 0.3) is 38.9 Å². The Bertz CT molecular complexity index is 1610. The van der Waals surface area contributed by atoms with E-state index in [1.165, 1.54) is 12.1 Å². The summed E-state index contributed by atoms with van der Waals surface area (Å²) in [6, 6.07) is 13.7. The van der Waals surface area contributed by atoms with Crippen LogP contribution in [-0.4, -0.2) is 30.9 Å². The lowest BCUT2D eigenvalue weighted by molar-refractivity contribution is -0.0498. The number of aromatic nitrogens is 5. The van der Waals surface area contributed by atoms with E-state index in [-0.39, 0.29) is 11.3 Å². The summed E-state index contributed by atoms with van der Waals surface area (Å²) >= 11 is 0. The van der Waals surface area contributed by atoms with E-state index in [1.807, 2.05) is 42.8 Å². The molecule has 6 rings (SSSR count). The lowest BCUT2D eigenvalue weighted by Crippen LogP contribution is -2.21. The summed E-state index contributed by atoms with van der Waals surface area (Å²) < 4.78 is 33.3. The molecule has 2 aromatic carbocycles. The van der Waals surface area contributed by atoms with Crippen LogP contribution in [0.15, 0.2) is 53.3 Å². The number of aromatic amines is 1. The smallest absolute Gasteiger partial charge is 0.387 e. The molecular formula is C25H21F2N5O2. The third-order valence-electron chi connectivity index (χ3n) is 6.45. The van der Waals surface area contributed by atoms with Crippen molar-refractivity contribution in [1.29, 1.82) is 0 Å². The number of aryl methyl sites for hydroxylation is 2. The van der Waals surface area contributed by atoms with Crippen LogP contribution in [0.4, 0.5) is 8.78 Å². The molecule has 3 heterocycles. The molecule has 7 nitrogen and oxygen atoms in total. The molecular weight excluding hydrogens is 440 g/mol. The molecule has 1 saturated carbocycles. The number of ether oxygens (including phenoxy) is 1. The van der Waals surface area contributed by atoms with Crippen LogP contribution in [0.3, 0.4) is 0 Å². The van der Waals surface area contributed by atoms with Gasteiger partial charge in [0.25, 0.3) is 5.56 Å². The first-order valence-corrected chi connectivity index (χ1v) is 11.0. The van der Waals surface area contributed by atoms with Crippen LogP contribution in [0, 0.1) is 6.92 Å². The number of rotatable bonds is 5. The summed E-state index contributed by atoms with van der Waals surface area (Å²) in [6.45, 7) is -0.979. The van der Waals surface area contributed by atoms with Crippen LogP contribution < -0.4 is 10.3 Å². The summed E-state index contributed by atoms with van der Waals surface area (Å²) in [7, 11) is 1.94. The largest absolute Gasteiger partial charge is 0.435 e. The second kappa shape index (κ2) is 7.51. The van der Waals surface area contributed by atoms with E-state index in [0.717, 1.165) is 46.5 Å². The number of imidazole rings is 1. The number of pyridine rings is 1. The zero-order valence-corrected chi connectivity index (χ0v) is 18.5. The zero-order chi connectivity index (χ0) is 23.6. The number of benzene rings is 2. The Morgan fingerprint density at radius 2 is 1.85 bits per heavy atom. The minimum atomic E-state index is -2.91. The van der Waals surface area contributed by atoms with Gasteiger partial charge in [-0.05, 0) is 67.8 Å². The Labute approximate surface area is 192 Å². The average Bonchev–Trinajstić information content (AvgIpc) is 3.51. The van der Waals surface area contributed by atoms with Crippen LogP contribution in [0.1, 0.15) is 30.3 Å². The molecule has 0 bridgehead atoms. The number of halogens is 2. The van der Waals surface area contributed by atoms with Crippen LogP contribution >= 0.6 is 0 Å². The van der Waals surface area contributed by atoms with Gasteiger partial charge >= 0.3 is 6.61 Å². The van der Waals surface area contributed by atoms with Gasteiger partial charge in [-0.25, -0.2) is 4.98 Å². The van der Waals surface area contributed by atoms with Gasteiger partial charge in [0.2, 0.25) is 0 Å². The van der Waals surface area contributed by atoms with E-state index in [2.05, 4.69) is 19.9 Å². The van der Waals surface area contributed by atoms with Gasteiger partial charge in [-0.2, -0.15) is 13.9 Å². The van der Waals surface area contributed by atoms with Crippen molar-refractivity contribution in [2.24, 2.45) is 7.05 Å². The van der Waals surface area contributed by atoms with Gasteiger partial charge in [0, 0.05) is 24.2 Å². The fourth-order valence-electron chi connectivity index (χ4n) is 4.48. The van der Waals surface area contributed by atoms with Gasteiger partial charge < -0.3 is 9.30 Å². The normalized spacial score (nSPS) is 13.9. The fraction of sp³-hybridized carbons (Fsp3) is 0.240. The summed E-state index contributed by atoms with van der Waals surface area (Å²) in [5, 5.41) is 7.63. The van der Waals surface area contributed by atoms with E-state index < -0.39 is 6.61 Å². The van der Waals surface area contributed by atoms with E-state index in [4.69, 9.17) is 0 Å². The van der Waals surface area contributed by atoms with Gasteiger partial charge in [-0.1, -0.05) is 6.07 Å². The SMILES string of the molecule is Cc1nc2ccc(-c3cc4n[nH]c(C5CC5)c4n(-c4ccc(OC(F)F)cc4)c3=O)cc2n1C. The van der Waals surface area contributed by atoms with E-state index in [0.29, 0.717) is 22.7 Å². The summed E-state index contributed by atoms with van der Waals surface area (Å²) in [5.74, 6) is 1.25. The molecule has 1 N–H and O–H groups in total. The summed E-state index contributed by atoms with van der Waals surface area (Å²) in [5.41, 5.74) is 5.69. The van der Waals surface area contributed by atoms with E-state index >= 15 is 0 Å². The standard InChI is InChI=1S/C25H21F2N5O2/c1-13-28-19-10-5-15(11-21(19)31(13)2)18-12-20-23(22(30-29-20)14-3-4-14)32(24(18)33)16-6-8-17(9-7-16)34-25(26)27/h5-12,14,25H,3-4H2,1-2H3,(H,29,30). The quantitative estimate of drug-likeness (QED) is 0.397. The second-order valence-electron chi connectivity index (χ2n) is 8.64. The molecule has 0 radical (unpaired) electrons. The molecule has 9 heteroatoms. The first kappa shape index (κ1) is 20.6. The monoisotopic (exact) mass is 461 g/mol. The Hall–Kier alpha value is -4.01. The number of fused-ring (bicyclic) bond motifs is 2. The number of nitrogens with one attached hydrogen (secondary N) is 1. The van der Waals surface area contributed by atoms with Crippen molar-refractivity contribution in [1.82, 2.24) is 24.3 Å². The van der Waals surface area contributed by atoms with Crippen LogP contribution in [0.2, 0.25) is 0 Å². The Kier molecular flexibility index (Phi) is 4.55. The minimum absolute atomic E-state index is 0.0332. The van der Waals surface area contributed by atoms with Crippen molar-refractivity contribution in [2.45, 2.75) is 32.3 Å². The topological polar surface area (TPSA) is 77.7 Å². The van der Waals surface area contributed by atoms with Crippen molar-refractivity contribution in [2.75, 3.05) is 0 Å². The Balaban J connectivity index is 1.58. The van der Waals surface area contributed by atoms with Crippen LogP contribution in [-0.2, 0) is 7.05 Å². The predicted octanol–water partition coefficient (Wildman–Crippen LogP) is 5.05. The van der Waals surface area contributed by atoms with Gasteiger partial charge in [0.1, 0.15) is 17.1 Å². The first-order chi connectivity index (χ1) is 16.4. The van der Waals surface area contributed by atoms with Gasteiger partial charge in [0.15, 0.2) is 0 Å². The molecule has 5 aromatic rings. The molecule has 0 unspecified atom stereocenters. The average molecular weight is 461 g/mol. The molecule has 1 aliphatic carbocycles. The van der Waals surface area contributed by atoms with Crippen LogP contribution in [0.5, 0.6) is 5.75 Å².